The normalized spacial score (nSPS) is 16.8. The first-order valence-corrected chi connectivity index (χ1v) is 17.3. The van der Waals surface area contributed by atoms with Crippen molar-refractivity contribution in [3.05, 3.63) is 72.6 Å². The second kappa shape index (κ2) is 15.5. The van der Waals surface area contributed by atoms with Gasteiger partial charge >= 0.3 is 6.09 Å². The molecule has 3 atom stereocenters. The fraction of sp³-hybridized carbons (Fsp3) is 0.429. The molecule has 2 aromatic heterocycles. The quantitative estimate of drug-likeness (QED) is 0.133. The molecular weight excluding hydrogens is 598 g/mol. The van der Waals surface area contributed by atoms with E-state index in [0.717, 1.165) is 65.3 Å². The number of nitrogens with zero attached hydrogens (tertiary/aromatic N) is 3. The average Bonchev–Trinajstić information content (AvgIpc) is 3.86. The summed E-state index contributed by atoms with van der Waals surface area (Å²) in [4.78, 5) is 43.3. The molecule has 0 aliphatic carbocycles. The third-order valence-corrected chi connectivity index (χ3v) is 9.55. The standard InChI is InChI=1S/C35H45N7O3S/c1-6-7-16-42(34(43)32(22(2)3)41-35(44)45-4)21-31-37-19-29(39-31)25-12-8-23(9-13-25)24-10-14-26(15-11-24)30-20-38-33(40-30)28-17-27(46-5)18-36-28/h8-15,19-20,22,27-28,32,36H,6-7,16-18,21H2,1-5H3,(H,37,39)(H,38,40)(H,41,44)/t27-,28-,32?/m0/s1. The lowest BCUT2D eigenvalue weighted by atomic mass is 10.0. The number of nitrogens with one attached hydrogen (secondary N) is 4. The first kappa shape index (κ1) is 33.3. The average molecular weight is 644 g/mol. The number of thioether (sulfide) groups is 1. The summed E-state index contributed by atoms with van der Waals surface area (Å²) in [6.45, 7) is 7.81. The van der Waals surface area contributed by atoms with E-state index >= 15 is 0 Å². The van der Waals surface area contributed by atoms with E-state index in [1.54, 1.807) is 11.1 Å². The Hall–Kier alpha value is -4.09. The fourth-order valence-corrected chi connectivity index (χ4v) is 6.37. The van der Waals surface area contributed by atoms with Gasteiger partial charge in [0.25, 0.3) is 0 Å². The van der Waals surface area contributed by atoms with Crippen molar-refractivity contribution >= 4 is 23.8 Å². The predicted molar refractivity (Wildman–Crippen MR) is 184 cm³/mol. The molecule has 1 fully saturated rings. The maximum atomic E-state index is 13.5. The van der Waals surface area contributed by atoms with Gasteiger partial charge in [0.05, 0.1) is 43.5 Å². The minimum absolute atomic E-state index is 0.0943. The van der Waals surface area contributed by atoms with Crippen molar-refractivity contribution in [3.63, 3.8) is 0 Å². The molecule has 4 aromatic rings. The summed E-state index contributed by atoms with van der Waals surface area (Å²) < 4.78 is 4.75. The van der Waals surface area contributed by atoms with Crippen molar-refractivity contribution in [3.8, 4) is 33.6 Å². The van der Waals surface area contributed by atoms with Crippen LogP contribution in [0.15, 0.2) is 60.9 Å². The van der Waals surface area contributed by atoms with E-state index in [-0.39, 0.29) is 17.9 Å². The number of ether oxygens (including phenoxy) is 1. The van der Waals surface area contributed by atoms with Gasteiger partial charge in [-0.25, -0.2) is 14.8 Å². The Balaban J connectivity index is 1.23. The number of methoxy groups -OCH3 is 1. The number of hydrogen-bond acceptors (Lipinski definition) is 7. The van der Waals surface area contributed by atoms with Crippen LogP contribution in [0.3, 0.4) is 0 Å². The van der Waals surface area contributed by atoms with Crippen LogP contribution in [0.4, 0.5) is 4.79 Å². The van der Waals surface area contributed by atoms with Crippen LogP contribution in [0.5, 0.6) is 0 Å². The van der Waals surface area contributed by atoms with Crippen LogP contribution >= 0.6 is 11.8 Å². The van der Waals surface area contributed by atoms with Gasteiger partial charge in [0.1, 0.15) is 17.7 Å². The van der Waals surface area contributed by atoms with E-state index in [1.165, 1.54) is 7.11 Å². The Kier molecular flexibility index (Phi) is 11.2. The van der Waals surface area contributed by atoms with Crippen molar-refractivity contribution in [2.24, 2.45) is 5.92 Å². The lowest BCUT2D eigenvalue weighted by molar-refractivity contribution is -0.135. The highest BCUT2D eigenvalue weighted by Gasteiger charge is 2.30. The van der Waals surface area contributed by atoms with E-state index in [1.807, 2.05) is 31.8 Å². The second-order valence-corrected chi connectivity index (χ2v) is 13.2. The smallest absolute Gasteiger partial charge is 0.407 e. The van der Waals surface area contributed by atoms with Crippen molar-refractivity contribution in [2.45, 2.75) is 63.9 Å². The first-order chi connectivity index (χ1) is 22.3. The number of amides is 2. The second-order valence-electron chi connectivity index (χ2n) is 12.1. The van der Waals surface area contributed by atoms with Crippen molar-refractivity contribution in [1.82, 2.24) is 35.5 Å². The zero-order chi connectivity index (χ0) is 32.6. The van der Waals surface area contributed by atoms with E-state index in [2.05, 4.69) is 92.3 Å². The van der Waals surface area contributed by atoms with Crippen LogP contribution in [0.2, 0.25) is 0 Å². The van der Waals surface area contributed by atoms with Gasteiger partial charge in [0, 0.05) is 18.3 Å². The van der Waals surface area contributed by atoms with Gasteiger partial charge in [-0.3, -0.25) is 4.79 Å². The maximum Gasteiger partial charge on any atom is 0.407 e. The number of benzene rings is 2. The maximum absolute atomic E-state index is 13.5. The molecule has 1 aliphatic heterocycles. The Bertz CT molecular complexity index is 1580. The van der Waals surface area contributed by atoms with E-state index in [0.29, 0.717) is 24.2 Å². The predicted octanol–water partition coefficient (Wildman–Crippen LogP) is 6.41. The van der Waals surface area contributed by atoms with Crippen molar-refractivity contribution in [2.75, 3.05) is 26.5 Å². The van der Waals surface area contributed by atoms with Crippen LogP contribution in [-0.2, 0) is 16.1 Å². The molecule has 3 heterocycles. The molecule has 0 radical (unpaired) electrons. The first-order valence-electron chi connectivity index (χ1n) is 16.0. The number of unbranched alkanes of at least 4 members (excludes halogenated alkanes) is 1. The highest BCUT2D eigenvalue weighted by molar-refractivity contribution is 7.99. The van der Waals surface area contributed by atoms with Gasteiger partial charge in [-0.2, -0.15) is 11.8 Å². The molecule has 1 aliphatic rings. The monoisotopic (exact) mass is 643 g/mol. The molecule has 1 saturated heterocycles. The summed E-state index contributed by atoms with van der Waals surface area (Å²) in [7, 11) is 1.30. The Labute approximate surface area is 275 Å². The van der Waals surface area contributed by atoms with Gasteiger partial charge in [-0.1, -0.05) is 75.7 Å². The molecular formula is C35H45N7O3S. The molecule has 2 aromatic carbocycles. The van der Waals surface area contributed by atoms with Crippen LogP contribution in [0.25, 0.3) is 33.6 Å². The number of imidazole rings is 2. The molecule has 46 heavy (non-hydrogen) atoms. The molecule has 10 nitrogen and oxygen atoms in total. The highest BCUT2D eigenvalue weighted by Crippen LogP contribution is 2.30. The van der Waals surface area contributed by atoms with E-state index < -0.39 is 12.1 Å². The van der Waals surface area contributed by atoms with E-state index in [9.17, 15) is 9.59 Å². The van der Waals surface area contributed by atoms with E-state index in [4.69, 9.17) is 4.74 Å². The summed E-state index contributed by atoms with van der Waals surface area (Å²) in [5, 5.41) is 6.90. The number of rotatable bonds is 13. The Morgan fingerprint density at radius 2 is 1.59 bits per heavy atom. The summed E-state index contributed by atoms with van der Waals surface area (Å²) >= 11 is 1.91. The number of hydrogen-bond donors (Lipinski definition) is 4. The SMILES string of the molecule is CCCCN(Cc1ncc(-c2ccc(-c3ccc(-c4cnc([C@@H]5C[C@H](SC)CN5)[nH]4)cc3)cc2)[nH]1)C(=O)C(NC(=O)OC)C(C)C. The number of carbonyl (C=O) groups excluding carboxylic acids is 2. The minimum atomic E-state index is -0.681. The molecule has 0 saturated carbocycles. The lowest BCUT2D eigenvalue weighted by Gasteiger charge is -2.29. The van der Waals surface area contributed by atoms with Gasteiger partial charge in [-0.05, 0) is 47.3 Å². The zero-order valence-corrected chi connectivity index (χ0v) is 28.1. The van der Waals surface area contributed by atoms with Crippen LogP contribution in [0, 0.1) is 5.92 Å². The number of H-pyrrole nitrogens is 2. The van der Waals surface area contributed by atoms with Crippen molar-refractivity contribution < 1.29 is 14.3 Å². The molecule has 0 spiro atoms. The van der Waals surface area contributed by atoms with Gasteiger partial charge in [0.2, 0.25) is 5.91 Å². The fourth-order valence-electron chi connectivity index (χ4n) is 5.72. The summed E-state index contributed by atoms with van der Waals surface area (Å²) in [6, 6.07) is 16.5. The third kappa shape index (κ3) is 8.00. The number of alkyl carbamates (subject to hydrolysis) is 1. The van der Waals surface area contributed by atoms with Crippen LogP contribution in [-0.4, -0.2) is 74.6 Å². The number of aromatic nitrogens is 4. The Morgan fingerprint density at radius 3 is 2.15 bits per heavy atom. The summed E-state index contributed by atoms with van der Waals surface area (Å²) in [5.41, 5.74) is 6.26. The van der Waals surface area contributed by atoms with Crippen molar-refractivity contribution in [1.29, 1.82) is 0 Å². The number of aromatic amines is 2. The van der Waals surface area contributed by atoms with Crippen LogP contribution < -0.4 is 10.6 Å². The summed E-state index contributed by atoms with van der Waals surface area (Å²) in [5.74, 6) is 1.45. The minimum Gasteiger partial charge on any atom is -0.453 e. The lowest BCUT2D eigenvalue weighted by Crippen LogP contribution is -2.51. The molecule has 1 unspecified atom stereocenters. The van der Waals surface area contributed by atoms with Gasteiger partial charge in [-0.15, -0.1) is 0 Å². The Morgan fingerprint density at radius 1 is 0.978 bits per heavy atom. The molecule has 4 N–H and O–H groups in total. The molecule has 244 valence electrons. The molecule has 11 heteroatoms. The molecule has 5 rings (SSSR count). The molecule has 2 amide bonds. The van der Waals surface area contributed by atoms with Crippen LogP contribution in [0.1, 0.15) is 57.7 Å². The highest BCUT2D eigenvalue weighted by atomic mass is 32.2. The topological polar surface area (TPSA) is 128 Å². The molecule has 0 bridgehead atoms. The van der Waals surface area contributed by atoms with Gasteiger partial charge < -0.3 is 30.2 Å². The largest absolute Gasteiger partial charge is 0.453 e. The van der Waals surface area contributed by atoms with Gasteiger partial charge in [0.15, 0.2) is 0 Å². The number of carbonyl (C=O) groups is 2. The zero-order valence-electron chi connectivity index (χ0n) is 27.3. The third-order valence-electron chi connectivity index (χ3n) is 8.53. The summed E-state index contributed by atoms with van der Waals surface area (Å²) in [6.07, 6.45) is 8.16.